The summed E-state index contributed by atoms with van der Waals surface area (Å²) in [6.45, 7) is 0. The maximum atomic E-state index is 9.37. The van der Waals surface area contributed by atoms with Crippen LogP contribution in [0.2, 0.25) is 0 Å². The van der Waals surface area contributed by atoms with Gasteiger partial charge in [0.15, 0.2) is 0 Å². The summed E-state index contributed by atoms with van der Waals surface area (Å²) >= 11 is 0. The van der Waals surface area contributed by atoms with Crippen LogP contribution in [0.4, 0.5) is 0 Å². The molecule has 8 rings (SSSR count). The van der Waals surface area contributed by atoms with Crippen molar-refractivity contribution in [3.8, 4) is 22.3 Å². The molecule has 0 amide bonds. The van der Waals surface area contributed by atoms with Gasteiger partial charge in [-0.25, -0.2) is 0 Å². The Labute approximate surface area is 255 Å². The van der Waals surface area contributed by atoms with Crippen molar-refractivity contribution >= 4 is 53.9 Å². The molecule has 0 nitrogen and oxygen atoms in total. The summed E-state index contributed by atoms with van der Waals surface area (Å²) in [7, 11) is 0. The monoisotopic (exact) mass is 504 g/mol. The average Bonchev–Trinajstić information content (AvgIpc) is 3.24. The van der Waals surface area contributed by atoms with E-state index < -0.39 is 221 Å². The van der Waals surface area contributed by atoms with Gasteiger partial charge in [-0.05, 0) is 76.1 Å². The first kappa shape index (κ1) is 8.28. The van der Waals surface area contributed by atoms with E-state index in [4.69, 9.17) is 23.3 Å². The second-order valence-corrected chi connectivity index (χ2v) is 8.25. The number of benzene rings is 8. The summed E-state index contributed by atoms with van der Waals surface area (Å²) < 4.78 is 214. The average molecular weight is 505 g/mol. The summed E-state index contributed by atoms with van der Waals surface area (Å²) in [4.78, 5) is 0. The molecule has 0 heteroatoms. The van der Waals surface area contributed by atoms with Gasteiger partial charge in [0, 0.05) is 0 Å². The number of rotatable bonds is 2. The van der Waals surface area contributed by atoms with Gasteiger partial charge in [0.2, 0.25) is 0 Å². The van der Waals surface area contributed by atoms with Gasteiger partial charge in [-0.2, -0.15) is 0 Å². The maximum Gasteiger partial charge on any atom is 0.0630 e. The third-order valence-electron chi connectivity index (χ3n) is 6.31. The van der Waals surface area contributed by atoms with Gasteiger partial charge in [0.05, 0.1) is 32.9 Å². The van der Waals surface area contributed by atoms with Crippen LogP contribution in [0.15, 0.2) is 145 Å². The van der Waals surface area contributed by atoms with Crippen molar-refractivity contribution in [1.29, 1.82) is 0 Å². The second kappa shape index (κ2) is 8.30. The maximum absolute atomic E-state index is 9.37. The Bertz CT molecular complexity index is 3410. The molecule has 0 N–H and O–H groups in total. The van der Waals surface area contributed by atoms with E-state index in [1.54, 1.807) is 0 Å². The van der Waals surface area contributed by atoms with Gasteiger partial charge >= 0.3 is 0 Å². The highest BCUT2D eigenvalue weighted by atomic mass is 14.2. The molecule has 0 bridgehead atoms. The fourth-order valence-corrected chi connectivity index (χ4v) is 4.75. The van der Waals surface area contributed by atoms with Gasteiger partial charge in [-0.1, -0.05) is 145 Å². The third kappa shape index (κ3) is 3.04. The normalized spacial score (nSPS) is 20.5. The smallest absolute Gasteiger partial charge is 0.0616 e. The van der Waals surface area contributed by atoms with Crippen molar-refractivity contribution in [2.24, 2.45) is 0 Å². The van der Waals surface area contributed by atoms with E-state index >= 15 is 0 Å². The molecule has 0 spiro atoms. The first-order chi connectivity index (χ1) is 28.9. The van der Waals surface area contributed by atoms with Crippen LogP contribution < -0.4 is 0 Å². The predicted molar refractivity (Wildman–Crippen MR) is 165 cm³/mol. The quantitative estimate of drug-likeness (QED) is 0.162. The van der Waals surface area contributed by atoms with E-state index in [2.05, 4.69) is 0 Å². The van der Waals surface area contributed by atoms with E-state index in [1.165, 1.54) is 0 Å². The molecule has 0 aliphatic rings. The van der Waals surface area contributed by atoms with Crippen molar-refractivity contribution in [1.82, 2.24) is 0 Å². The third-order valence-corrected chi connectivity index (χ3v) is 6.31. The van der Waals surface area contributed by atoms with E-state index in [0.717, 1.165) is 0 Å². The summed E-state index contributed by atoms with van der Waals surface area (Å²) in [6.07, 6.45) is 0. The zero-order valence-corrected chi connectivity index (χ0v) is 19.0. The van der Waals surface area contributed by atoms with Crippen molar-refractivity contribution in [2.75, 3.05) is 0 Å². The molecule has 0 aromatic heterocycles. The number of hydrogen-bond acceptors (Lipinski definition) is 0. The number of hydrogen-bond donors (Lipinski definition) is 0. The van der Waals surface area contributed by atoms with Gasteiger partial charge < -0.3 is 0 Å². The Kier molecular flexibility index (Phi) is 1.81. The minimum absolute atomic E-state index is 0.515. The molecular weight excluding hydrogens is 456 g/mol. The minimum Gasteiger partial charge on any atom is -0.0616 e. The lowest BCUT2D eigenvalue weighted by molar-refractivity contribution is 1.69. The highest BCUT2D eigenvalue weighted by Crippen LogP contribution is 2.46. The lowest BCUT2D eigenvalue weighted by Gasteiger charge is -2.20. The molecule has 0 atom stereocenters. The van der Waals surface area contributed by atoms with Gasteiger partial charge in [0.25, 0.3) is 0 Å². The van der Waals surface area contributed by atoms with Crippen molar-refractivity contribution in [2.45, 2.75) is 0 Å². The Balaban J connectivity index is 1.84. The molecule has 0 fully saturated rings. The molecule has 0 unspecified atom stereocenters. The Hall–Kier alpha value is -4.94. The Morgan fingerprint density at radius 1 is 0.263 bits per heavy atom. The molecule has 0 saturated carbocycles. The lowest BCUT2D eigenvalue weighted by atomic mass is 9.83. The zero-order chi connectivity index (χ0) is 45.9. The molecule has 8 aromatic carbocycles. The van der Waals surface area contributed by atoms with Crippen molar-refractivity contribution < 1.29 is 32.9 Å². The van der Waals surface area contributed by atoms with Crippen LogP contribution in [0.25, 0.3) is 76.1 Å². The van der Waals surface area contributed by atoms with Gasteiger partial charge in [-0.15, -0.1) is 0 Å². The highest BCUT2D eigenvalue weighted by Gasteiger charge is 2.19. The van der Waals surface area contributed by atoms with E-state index in [0.29, 0.717) is 0 Å². The van der Waals surface area contributed by atoms with Crippen LogP contribution in [0.3, 0.4) is 0 Å². The highest BCUT2D eigenvalue weighted by molar-refractivity contribution is 6.26. The van der Waals surface area contributed by atoms with Crippen LogP contribution in [-0.4, -0.2) is 0 Å². The second-order valence-electron chi connectivity index (χ2n) is 8.25. The first-order valence-corrected chi connectivity index (χ1v) is 11.2. The summed E-state index contributed by atoms with van der Waals surface area (Å²) in [5.74, 6) is 0. The van der Waals surface area contributed by atoms with E-state index in [9.17, 15) is 9.60 Å². The Morgan fingerprint density at radius 2 is 0.658 bits per heavy atom. The largest absolute Gasteiger partial charge is 0.0630 e. The van der Waals surface area contributed by atoms with Crippen LogP contribution in [0, 0.1) is 0 Å². The van der Waals surface area contributed by atoms with Crippen LogP contribution in [-0.2, 0) is 0 Å². The van der Waals surface area contributed by atoms with Crippen molar-refractivity contribution in [3.63, 3.8) is 0 Å². The van der Waals surface area contributed by atoms with Crippen molar-refractivity contribution in [3.05, 3.63) is 145 Å². The summed E-state index contributed by atoms with van der Waals surface area (Å²) in [5, 5.41) is -6.17. The molecular formula is C38H24. The summed E-state index contributed by atoms with van der Waals surface area (Å²) in [5.41, 5.74) is -2.71. The van der Waals surface area contributed by atoms with Gasteiger partial charge in [-0.3, -0.25) is 0 Å². The lowest BCUT2D eigenvalue weighted by Crippen LogP contribution is -1.92. The van der Waals surface area contributed by atoms with Gasteiger partial charge in [0.1, 0.15) is 0 Å². The van der Waals surface area contributed by atoms with Crippen LogP contribution >= 0.6 is 0 Å². The molecule has 176 valence electrons. The zero-order valence-electron chi connectivity index (χ0n) is 43.0. The predicted octanol–water partition coefficient (Wildman–Crippen LogP) is 10.8. The topological polar surface area (TPSA) is 0 Å². The molecule has 0 heterocycles. The fraction of sp³-hybridized carbons (Fsp3) is 0. The number of fused-ring (bicyclic) bond motifs is 6. The minimum atomic E-state index is -0.960. The molecule has 0 saturated heterocycles. The van der Waals surface area contributed by atoms with Crippen LogP contribution in [0.5, 0.6) is 0 Å². The molecule has 8 aromatic rings. The molecule has 38 heavy (non-hydrogen) atoms. The van der Waals surface area contributed by atoms with E-state index in [-0.39, 0.29) is 0 Å². The van der Waals surface area contributed by atoms with E-state index in [1.807, 2.05) is 0 Å². The molecule has 0 radical (unpaired) electrons. The summed E-state index contributed by atoms with van der Waals surface area (Å²) in [6, 6.07) is -21.4. The standard InChI is InChI=1S/C38H24/c1-4-15-28-25(11-1)13-9-21-31(28)37-33-16-5-7-18-35(33)38(36-19-8-6-17-34(36)37)32-22-10-20-29-27-14-3-2-12-26(27)23-24-30(29)32/h1-24H/i1D,2D,3D,4D,5D,6D,7D,8D,9D,10D,11D,12D,13D,14D,15D,16D,17D,18D,19D,20D,21D,22D,23D,24D. The molecule has 0 aliphatic heterocycles. The first-order valence-electron chi connectivity index (χ1n) is 23.2. The fourth-order valence-electron chi connectivity index (χ4n) is 4.75. The van der Waals surface area contributed by atoms with Crippen LogP contribution in [0.1, 0.15) is 32.9 Å². The SMILES string of the molecule is [2H]c1c([2H])c([2H])c2c(-c3c4c([2H])c([2H])c([2H])c([2H])c4c(-c4c([2H])c([2H])c([2H])c5c4c([2H])c([2H])c4c([2H])c([2H])c([2H])c([2H])c45)c4c([2H])c([2H])c([2H])c([2H])c34)c([2H])c([2H])c([2H])c2c1[2H]. The Morgan fingerprint density at radius 3 is 1.26 bits per heavy atom. The molecule has 0 aliphatic carbocycles.